The van der Waals surface area contributed by atoms with Gasteiger partial charge in [0, 0.05) is 25.7 Å². The zero-order chi connectivity index (χ0) is 82.7. The summed E-state index contributed by atoms with van der Waals surface area (Å²) < 4.78 is 26.5. The number of carbonyl (C=O) groups excluding carboxylic acids is 3. The van der Waals surface area contributed by atoms with E-state index in [0.717, 1.165) is 223 Å². The molecule has 6 aliphatic carbocycles. The Bertz CT molecular complexity index is 2760. The number of rotatable bonds is 36. The molecule has 666 valence electrons. The fourth-order valence-electron chi connectivity index (χ4n) is 21.6. The van der Waals surface area contributed by atoms with E-state index in [2.05, 4.69) is 43.3 Å². The van der Waals surface area contributed by atoms with E-state index in [1.54, 1.807) is 0 Å². The lowest BCUT2D eigenvalue weighted by Gasteiger charge is -2.32. The van der Waals surface area contributed by atoms with Gasteiger partial charge in [-0.15, -0.1) is 0 Å². The van der Waals surface area contributed by atoms with Crippen molar-refractivity contribution >= 4 is 35.2 Å². The standard InChI is InChI=1S/C107H172O10S/c1-2-3-4-5-6-7-8-9-10-29-42-55-68-103(118)117-84-107(81-114-100(108)72-69-85-75-94(88-56-43-30-17-11-18-31-44-57-88)104(111)95(76-85)89-58-45-32-19-12-20-33-46-59-89,82-115-101(109)73-70-86-77-96(90-60-47-34-21-13-22-35-48-61-90)105(112)97(78-86)91-62-49-36-23-14-24-37-50-63-91)83-116-102(110)74-71-87-79-98(92-64-51-38-25-15-26-39-52-65-92)106(113)99(80-87)93-66-53-40-27-16-28-41-54-67-93/h75-80,88-93,111-113H,2-74,81-84H2,1H3. The SMILES string of the molecule is CCCCCCCCCCCCCCC(=S)OCC(COC(=O)CCc1cc(C2CCCCCCCCC2)c(O)c(C2CCCCCCCCC2)c1)(COC(=O)CCc1cc(C2CCCCCCCCC2)c(O)c(C2CCCCCCCCC2)c1)COC(=O)CCc1cc(C2CCCCCCCCC2)c(O)c(C2CCCCCCCCC2)c1. The van der Waals surface area contributed by atoms with Gasteiger partial charge in [-0.25, -0.2) is 0 Å². The first kappa shape index (κ1) is 97.2. The maximum absolute atomic E-state index is 15.0. The third kappa shape index (κ3) is 36.7. The van der Waals surface area contributed by atoms with Crippen molar-refractivity contribution in [2.75, 3.05) is 26.4 Å². The van der Waals surface area contributed by atoms with Crippen LogP contribution in [-0.4, -0.2) is 64.7 Å². The largest absolute Gasteiger partial charge is 0.507 e. The molecule has 6 fully saturated rings. The van der Waals surface area contributed by atoms with Gasteiger partial charge in [-0.3, -0.25) is 14.4 Å². The Morgan fingerprint density at radius 2 is 0.449 bits per heavy atom. The van der Waals surface area contributed by atoms with Gasteiger partial charge in [-0.05, 0) is 201 Å². The van der Waals surface area contributed by atoms with Crippen LogP contribution in [0.2, 0.25) is 0 Å². The van der Waals surface area contributed by atoms with Crippen molar-refractivity contribution in [1.29, 1.82) is 0 Å². The number of ether oxygens (including phenoxy) is 4. The molecule has 3 aromatic carbocycles. The maximum Gasteiger partial charge on any atom is 0.306 e. The lowest BCUT2D eigenvalue weighted by atomic mass is 9.80. The van der Waals surface area contributed by atoms with Crippen LogP contribution in [0.1, 0.15) is 542 Å². The normalized spacial score (nSPS) is 19.7. The van der Waals surface area contributed by atoms with E-state index in [1.807, 2.05) is 0 Å². The molecule has 0 unspecified atom stereocenters. The second-order valence-corrected chi connectivity index (χ2v) is 39.6. The van der Waals surface area contributed by atoms with Gasteiger partial charge in [0.1, 0.15) is 49.1 Å². The first-order chi connectivity index (χ1) is 58.0. The van der Waals surface area contributed by atoms with E-state index in [9.17, 15) is 29.7 Å². The molecule has 9 rings (SSSR count). The highest BCUT2D eigenvalue weighted by molar-refractivity contribution is 7.80. The summed E-state index contributed by atoms with van der Waals surface area (Å²) in [5.41, 5.74) is 8.26. The fourth-order valence-corrected chi connectivity index (χ4v) is 21.8. The van der Waals surface area contributed by atoms with Crippen molar-refractivity contribution in [1.82, 2.24) is 0 Å². The highest BCUT2D eigenvalue weighted by Crippen LogP contribution is 2.48. The summed E-state index contributed by atoms with van der Waals surface area (Å²) in [6, 6.07) is 13.4. The maximum atomic E-state index is 15.0. The van der Waals surface area contributed by atoms with Crippen LogP contribution < -0.4 is 0 Å². The van der Waals surface area contributed by atoms with E-state index in [4.69, 9.17) is 31.2 Å². The number of esters is 3. The molecule has 0 spiro atoms. The molecule has 0 amide bonds. The monoisotopic (exact) mass is 1650 g/mol. The van der Waals surface area contributed by atoms with Gasteiger partial charge < -0.3 is 34.3 Å². The summed E-state index contributed by atoms with van der Waals surface area (Å²) in [6.07, 6.45) is 81.2. The van der Waals surface area contributed by atoms with Crippen LogP contribution in [0.5, 0.6) is 17.2 Å². The Morgan fingerprint density at radius 3 is 0.653 bits per heavy atom. The van der Waals surface area contributed by atoms with Crippen molar-refractivity contribution in [2.24, 2.45) is 5.41 Å². The molecular weight excluding hydrogens is 1480 g/mol. The van der Waals surface area contributed by atoms with E-state index in [-0.39, 0.29) is 81.2 Å². The van der Waals surface area contributed by atoms with Crippen LogP contribution in [-0.2, 0) is 52.6 Å². The average molecular weight is 1650 g/mol. The van der Waals surface area contributed by atoms with Gasteiger partial charge >= 0.3 is 17.9 Å². The minimum absolute atomic E-state index is 0.0910. The molecule has 3 aromatic rings. The molecule has 3 N–H and O–H groups in total. The summed E-state index contributed by atoms with van der Waals surface area (Å²) in [7, 11) is 0. The average Bonchev–Trinajstić information content (AvgIpc) is 0.809. The number of aromatic hydroxyl groups is 3. The predicted octanol–water partition coefficient (Wildman–Crippen LogP) is 31.7. The van der Waals surface area contributed by atoms with Crippen molar-refractivity contribution in [3.63, 3.8) is 0 Å². The van der Waals surface area contributed by atoms with Crippen LogP contribution in [0.25, 0.3) is 0 Å². The molecule has 0 atom stereocenters. The zero-order valence-corrected chi connectivity index (χ0v) is 76.3. The summed E-state index contributed by atoms with van der Waals surface area (Å²) in [5, 5.41) is 38.3. The Morgan fingerprint density at radius 1 is 0.271 bits per heavy atom. The summed E-state index contributed by atoms with van der Waals surface area (Å²) in [5.74, 6) is 1.86. The molecule has 0 bridgehead atoms. The second kappa shape index (κ2) is 58.5. The van der Waals surface area contributed by atoms with E-state index < -0.39 is 23.3 Å². The number of aryl methyl sites for hydroxylation is 3. The Labute approximate surface area is 726 Å². The molecule has 0 aliphatic heterocycles. The smallest absolute Gasteiger partial charge is 0.306 e. The topological polar surface area (TPSA) is 149 Å². The Balaban J connectivity index is 1.01. The molecular formula is C107H172O10S. The van der Waals surface area contributed by atoms with Gasteiger partial charge in [0.25, 0.3) is 0 Å². The van der Waals surface area contributed by atoms with Gasteiger partial charge in [0.2, 0.25) is 0 Å². The lowest BCUT2D eigenvalue weighted by Crippen LogP contribution is -2.44. The minimum atomic E-state index is -1.33. The quantitative estimate of drug-likeness (QED) is 0.0221. The number of hydrogen-bond acceptors (Lipinski definition) is 11. The predicted molar refractivity (Wildman–Crippen MR) is 495 cm³/mol. The van der Waals surface area contributed by atoms with Crippen molar-refractivity contribution in [2.45, 2.75) is 511 Å². The molecule has 118 heavy (non-hydrogen) atoms. The molecule has 6 saturated carbocycles. The third-order valence-corrected chi connectivity index (χ3v) is 29.5. The van der Waals surface area contributed by atoms with Gasteiger partial charge in [0.05, 0.1) is 0 Å². The van der Waals surface area contributed by atoms with E-state index >= 15 is 0 Å². The lowest BCUT2D eigenvalue weighted by molar-refractivity contribution is -0.164. The highest BCUT2D eigenvalue weighted by atomic mass is 32.1. The molecule has 11 heteroatoms. The molecule has 0 saturated heterocycles. The highest BCUT2D eigenvalue weighted by Gasteiger charge is 2.39. The Hall–Kier alpha value is -4.64. The van der Waals surface area contributed by atoms with E-state index in [0.29, 0.717) is 48.0 Å². The van der Waals surface area contributed by atoms with Crippen LogP contribution in [0.15, 0.2) is 36.4 Å². The summed E-state index contributed by atoms with van der Waals surface area (Å²) in [6.45, 7) is 1.49. The van der Waals surface area contributed by atoms with Crippen molar-refractivity contribution in [3.05, 3.63) is 86.5 Å². The van der Waals surface area contributed by atoms with Crippen LogP contribution in [0.3, 0.4) is 0 Å². The zero-order valence-electron chi connectivity index (χ0n) is 75.5. The van der Waals surface area contributed by atoms with Crippen molar-refractivity contribution in [3.8, 4) is 17.2 Å². The molecule has 0 radical (unpaired) electrons. The summed E-state index contributed by atoms with van der Waals surface area (Å²) >= 11 is 6.13. The molecule has 0 heterocycles. The number of unbranched alkanes of at least 4 members (excludes halogenated alkanes) is 11. The number of thiocarbonyl (C=S) groups is 1. The Kier molecular flexibility index (Phi) is 48.2. The molecule has 6 aliphatic rings. The third-order valence-electron chi connectivity index (χ3n) is 29.2. The fraction of sp³-hybridized carbons (Fsp3) is 0.794. The van der Waals surface area contributed by atoms with E-state index in [1.165, 1.54) is 250 Å². The first-order valence-electron chi connectivity index (χ1n) is 51.1. The first-order valence-corrected chi connectivity index (χ1v) is 51.6. The van der Waals surface area contributed by atoms with Crippen LogP contribution in [0, 0.1) is 5.41 Å². The molecule has 10 nitrogen and oxygen atoms in total. The van der Waals surface area contributed by atoms with Gasteiger partial charge in [-0.1, -0.05) is 384 Å². The number of hydrogen-bond donors (Lipinski definition) is 3. The van der Waals surface area contributed by atoms with Gasteiger partial charge in [0.15, 0.2) is 5.05 Å². The van der Waals surface area contributed by atoms with Gasteiger partial charge in [-0.2, -0.15) is 0 Å². The number of phenolic OH excluding ortho intramolecular Hbond substituents is 3. The summed E-state index contributed by atoms with van der Waals surface area (Å²) in [4.78, 5) is 44.9. The minimum Gasteiger partial charge on any atom is -0.507 e. The number of benzene rings is 3. The molecule has 0 aromatic heterocycles. The second-order valence-electron chi connectivity index (χ2n) is 39.1. The number of phenols is 3. The van der Waals surface area contributed by atoms with Crippen LogP contribution in [0.4, 0.5) is 0 Å². The van der Waals surface area contributed by atoms with Crippen LogP contribution >= 0.6 is 12.2 Å². The van der Waals surface area contributed by atoms with Crippen molar-refractivity contribution < 1.29 is 48.7 Å². The number of carbonyl (C=O) groups is 3.